The number of carbonyl (C=O) groups excluding carboxylic acids is 2. The van der Waals surface area contributed by atoms with Crippen LogP contribution in [0.2, 0.25) is 0 Å². The number of aryl methyl sites for hydroxylation is 1. The van der Waals surface area contributed by atoms with Gasteiger partial charge >= 0.3 is 0 Å². The Morgan fingerprint density at radius 2 is 1.82 bits per heavy atom. The summed E-state index contributed by atoms with van der Waals surface area (Å²) < 4.78 is 2.07. The zero-order valence-corrected chi connectivity index (χ0v) is 20.3. The SMILES string of the molecule is CC(=O)N1CCCCCCCN(C(=O)CCn2ccnc2C(C)C)Cc2ccc(CO)cc21. The molecule has 2 aromatic rings. The fourth-order valence-corrected chi connectivity index (χ4v) is 4.53. The lowest BCUT2D eigenvalue weighted by atomic mass is 10.0. The molecule has 0 atom stereocenters. The van der Waals surface area contributed by atoms with Crippen molar-refractivity contribution >= 4 is 17.5 Å². The summed E-state index contributed by atoms with van der Waals surface area (Å²) in [6.45, 7) is 8.16. The van der Waals surface area contributed by atoms with Crippen LogP contribution in [0.4, 0.5) is 5.69 Å². The second-order valence-corrected chi connectivity index (χ2v) is 9.26. The molecule has 0 saturated carbocycles. The first-order valence-corrected chi connectivity index (χ1v) is 12.2. The summed E-state index contributed by atoms with van der Waals surface area (Å²) >= 11 is 0. The van der Waals surface area contributed by atoms with Gasteiger partial charge in [-0.05, 0) is 30.0 Å². The summed E-state index contributed by atoms with van der Waals surface area (Å²) in [7, 11) is 0. The second-order valence-electron chi connectivity index (χ2n) is 9.26. The highest BCUT2D eigenvalue weighted by Gasteiger charge is 2.21. The van der Waals surface area contributed by atoms with Crippen LogP contribution in [0.25, 0.3) is 0 Å². The van der Waals surface area contributed by atoms with Crippen LogP contribution in [0.5, 0.6) is 0 Å². The van der Waals surface area contributed by atoms with Crippen molar-refractivity contribution in [1.82, 2.24) is 14.5 Å². The molecule has 7 heteroatoms. The largest absolute Gasteiger partial charge is 0.392 e. The molecule has 0 radical (unpaired) electrons. The minimum Gasteiger partial charge on any atom is -0.392 e. The molecule has 0 saturated heterocycles. The van der Waals surface area contributed by atoms with Gasteiger partial charge in [0.15, 0.2) is 0 Å². The van der Waals surface area contributed by atoms with Crippen molar-refractivity contribution in [2.45, 2.75) is 84.9 Å². The second kappa shape index (κ2) is 12.0. The number of aromatic nitrogens is 2. The molecule has 1 aliphatic rings. The molecule has 1 aliphatic heterocycles. The molecular formula is C26H38N4O3. The van der Waals surface area contributed by atoms with Gasteiger partial charge in [0.25, 0.3) is 0 Å². The number of amides is 2. The lowest BCUT2D eigenvalue weighted by molar-refractivity contribution is -0.132. The van der Waals surface area contributed by atoms with E-state index >= 15 is 0 Å². The van der Waals surface area contributed by atoms with Gasteiger partial charge in [0.1, 0.15) is 5.82 Å². The number of carbonyl (C=O) groups is 2. The minimum atomic E-state index is -0.0786. The topological polar surface area (TPSA) is 78.7 Å². The molecule has 33 heavy (non-hydrogen) atoms. The number of hydrogen-bond donors (Lipinski definition) is 1. The van der Waals surface area contributed by atoms with E-state index in [1.54, 1.807) is 18.0 Å². The number of anilines is 1. The molecule has 0 spiro atoms. The van der Waals surface area contributed by atoms with Crippen LogP contribution in [0.15, 0.2) is 30.6 Å². The Bertz CT molecular complexity index is 937. The van der Waals surface area contributed by atoms with E-state index in [-0.39, 0.29) is 18.4 Å². The Labute approximate surface area is 197 Å². The van der Waals surface area contributed by atoms with Gasteiger partial charge in [0.2, 0.25) is 11.8 Å². The molecule has 2 amide bonds. The van der Waals surface area contributed by atoms with E-state index in [0.717, 1.165) is 54.7 Å². The van der Waals surface area contributed by atoms with Crippen LogP contribution in [0.3, 0.4) is 0 Å². The first-order valence-electron chi connectivity index (χ1n) is 12.2. The Morgan fingerprint density at radius 3 is 2.52 bits per heavy atom. The van der Waals surface area contributed by atoms with Crippen molar-refractivity contribution in [1.29, 1.82) is 0 Å². The van der Waals surface area contributed by atoms with Gasteiger partial charge in [-0.25, -0.2) is 4.98 Å². The molecule has 1 aromatic heterocycles. The van der Waals surface area contributed by atoms with Gasteiger partial charge in [0.05, 0.1) is 6.61 Å². The molecule has 3 rings (SSSR count). The molecule has 0 aliphatic carbocycles. The van der Waals surface area contributed by atoms with Crippen LogP contribution in [0, 0.1) is 0 Å². The predicted octanol–water partition coefficient (Wildman–Crippen LogP) is 4.23. The lowest BCUT2D eigenvalue weighted by Crippen LogP contribution is -2.35. The van der Waals surface area contributed by atoms with Crippen molar-refractivity contribution < 1.29 is 14.7 Å². The molecule has 2 heterocycles. The van der Waals surface area contributed by atoms with Crippen molar-refractivity contribution in [2.24, 2.45) is 0 Å². The van der Waals surface area contributed by atoms with E-state index in [0.29, 0.717) is 38.5 Å². The van der Waals surface area contributed by atoms with Crippen LogP contribution < -0.4 is 4.90 Å². The third-order valence-corrected chi connectivity index (χ3v) is 6.36. The maximum Gasteiger partial charge on any atom is 0.224 e. The lowest BCUT2D eigenvalue weighted by Gasteiger charge is -2.29. The maximum atomic E-state index is 13.3. The normalized spacial score (nSPS) is 15.7. The molecule has 0 fully saturated rings. The monoisotopic (exact) mass is 454 g/mol. The highest BCUT2D eigenvalue weighted by molar-refractivity contribution is 5.92. The summed E-state index contributed by atoms with van der Waals surface area (Å²) in [6.07, 6.45) is 9.32. The first kappa shape index (κ1) is 25.0. The van der Waals surface area contributed by atoms with Gasteiger partial charge in [0, 0.05) is 63.5 Å². The molecule has 0 bridgehead atoms. The average molecular weight is 455 g/mol. The molecular weight excluding hydrogens is 416 g/mol. The van der Waals surface area contributed by atoms with E-state index in [1.807, 2.05) is 29.3 Å². The third kappa shape index (κ3) is 6.67. The maximum absolute atomic E-state index is 13.3. The van der Waals surface area contributed by atoms with E-state index in [2.05, 4.69) is 23.4 Å². The number of aliphatic hydroxyl groups excluding tert-OH is 1. The standard InChI is InChI=1S/C26H38N4O3/c1-20(2)26-27-12-16-28(26)15-11-25(33)29-13-7-5-4-6-8-14-30(21(3)32)24-17-22(19-31)9-10-23(24)18-29/h9-10,12,16-17,20,31H,4-8,11,13-15,18-19H2,1-3H3. The summed E-state index contributed by atoms with van der Waals surface area (Å²) in [5.74, 6) is 1.40. The number of fused-ring (bicyclic) bond motifs is 1. The van der Waals surface area contributed by atoms with Gasteiger partial charge in [-0.15, -0.1) is 0 Å². The highest BCUT2D eigenvalue weighted by atomic mass is 16.3. The number of aliphatic hydroxyl groups is 1. The van der Waals surface area contributed by atoms with Crippen molar-refractivity contribution in [3.8, 4) is 0 Å². The molecule has 1 N–H and O–H groups in total. The predicted molar refractivity (Wildman–Crippen MR) is 130 cm³/mol. The minimum absolute atomic E-state index is 0.0115. The third-order valence-electron chi connectivity index (χ3n) is 6.36. The summed E-state index contributed by atoms with van der Waals surface area (Å²) in [5.41, 5.74) is 2.53. The van der Waals surface area contributed by atoms with E-state index in [1.165, 1.54) is 0 Å². The van der Waals surface area contributed by atoms with Crippen molar-refractivity contribution in [2.75, 3.05) is 18.0 Å². The molecule has 7 nitrogen and oxygen atoms in total. The van der Waals surface area contributed by atoms with E-state index < -0.39 is 0 Å². The number of hydrogen-bond acceptors (Lipinski definition) is 4. The Balaban J connectivity index is 1.84. The Hall–Kier alpha value is -2.67. The quantitative estimate of drug-likeness (QED) is 0.733. The highest BCUT2D eigenvalue weighted by Crippen LogP contribution is 2.26. The van der Waals surface area contributed by atoms with Crippen LogP contribution >= 0.6 is 0 Å². The van der Waals surface area contributed by atoms with E-state index in [4.69, 9.17) is 0 Å². The number of nitrogens with zero attached hydrogens (tertiary/aromatic N) is 4. The zero-order chi connectivity index (χ0) is 23.8. The van der Waals surface area contributed by atoms with Gasteiger partial charge in [-0.2, -0.15) is 0 Å². The molecule has 180 valence electrons. The molecule has 1 aromatic carbocycles. The fourth-order valence-electron chi connectivity index (χ4n) is 4.53. The number of rotatable bonds is 5. The number of imidazole rings is 1. The first-order chi connectivity index (χ1) is 15.9. The van der Waals surface area contributed by atoms with Crippen molar-refractivity contribution in [3.63, 3.8) is 0 Å². The van der Waals surface area contributed by atoms with Gasteiger partial charge < -0.3 is 19.5 Å². The Morgan fingerprint density at radius 1 is 1.09 bits per heavy atom. The van der Waals surface area contributed by atoms with Crippen LogP contribution in [-0.4, -0.2) is 44.5 Å². The summed E-state index contributed by atoms with van der Waals surface area (Å²) in [6, 6.07) is 5.73. The molecule has 0 unspecified atom stereocenters. The van der Waals surface area contributed by atoms with Gasteiger partial charge in [-0.3, -0.25) is 9.59 Å². The fraction of sp³-hybridized carbons (Fsp3) is 0.577. The summed E-state index contributed by atoms with van der Waals surface area (Å²) in [4.78, 5) is 34.0. The van der Waals surface area contributed by atoms with Gasteiger partial charge in [-0.1, -0.05) is 45.2 Å². The zero-order valence-electron chi connectivity index (χ0n) is 20.3. The van der Waals surface area contributed by atoms with Crippen LogP contribution in [0.1, 0.15) is 82.2 Å². The summed E-state index contributed by atoms with van der Waals surface area (Å²) in [5, 5.41) is 9.66. The smallest absolute Gasteiger partial charge is 0.224 e. The Kier molecular flexibility index (Phi) is 9.06. The number of benzene rings is 1. The van der Waals surface area contributed by atoms with Crippen molar-refractivity contribution in [3.05, 3.63) is 47.5 Å². The average Bonchev–Trinajstić information content (AvgIpc) is 3.26. The van der Waals surface area contributed by atoms with E-state index in [9.17, 15) is 14.7 Å². The van der Waals surface area contributed by atoms with Crippen LogP contribution in [-0.2, 0) is 29.3 Å².